The van der Waals surface area contributed by atoms with Gasteiger partial charge in [0.1, 0.15) is 23.5 Å². The molecule has 4 aliphatic heterocycles. The summed E-state index contributed by atoms with van der Waals surface area (Å²) in [7, 11) is 1.84. The maximum Gasteiger partial charge on any atom is 0.245 e. The number of aryl methyl sites for hydroxylation is 1. The average Bonchev–Trinajstić information content (AvgIpc) is 3.47. The molecule has 146 valence electrons. The van der Waals surface area contributed by atoms with Crippen LogP contribution in [0.5, 0.6) is 11.5 Å². The molecule has 0 radical (unpaired) electrons. The number of hydrogen-bond donors (Lipinski definition) is 0. The fraction of sp³-hybridized carbons (Fsp3) is 0.435. The number of ether oxygens (including phenoxy) is 3. The second kappa shape index (κ2) is 6.82. The molecule has 4 heterocycles. The molecule has 5 heteroatoms. The Hall–Kier alpha value is -2.53. The lowest BCUT2D eigenvalue weighted by Gasteiger charge is -2.23. The van der Waals surface area contributed by atoms with E-state index in [-0.39, 0.29) is 5.91 Å². The van der Waals surface area contributed by atoms with Crippen LogP contribution in [0.2, 0.25) is 0 Å². The van der Waals surface area contributed by atoms with Gasteiger partial charge in [-0.25, -0.2) is 0 Å². The van der Waals surface area contributed by atoms with Crippen LogP contribution in [0.15, 0.2) is 36.4 Å². The van der Waals surface area contributed by atoms with E-state index < -0.39 is 5.41 Å². The van der Waals surface area contributed by atoms with Gasteiger partial charge in [-0.1, -0.05) is 18.2 Å². The molecule has 0 aliphatic carbocycles. The third kappa shape index (κ3) is 2.53. The van der Waals surface area contributed by atoms with E-state index in [1.54, 1.807) is 4.90 Å². The van der Waals surface area contributed by atoms with E-state index in [0.717, 1.165) is 61.0 Å². The normalized spacial score (nSPS) is 24.0. The minimum Gasteiger partial charge on any atom is -0.493 e. The quantitative estimate of drug-likeness (QED) is 0.703. The van der Waals surface area contributed by atoms with Gasteiger partial charge in [0, 0.05) is 37.6 Å². The zero-order valence-corrected chi connectivity index (χ0v) is 16.2. The van der Waals surface area contributed by atoms with Gasteiger partial charge < -0.3 is 19.1 Å². The first-order chi connectivity index (χ1) is 13.7. The van der Waals surface area contributed by atoms with Crippen molar-refractivity contribution in [3.05, 3.63) is 53.1 Å². The summed E-state index contributed by atoms with van der Waals surface area (Å²) >= 11 is 0. The summed E-state index contributed by atoms with van der Waals surface area (Å²) in [5, 5.41) is 0. The fourth-order valence-corrected chi connectivity index (χ4v) is 4.65. The molecular formula is C23H25NO4. The SMILES string of the molecule is C1CCOC1.CN1C(=O)C2(COc3cc4c(cc32)CCCO4)c2ccccc21. The van der Waals surface area contributed by atoms with Crippen LogP contribution < -0.4 is 14.4 Å². The summed E-state index contributed by atoms with van der Waals surface area (Å²) in [5.41, 5.74) is 3.49. The Balaban J connectivity index is 0.000000300. The van der Waals surface area contributed by atoms with Gasteiger partial charge in [0.25, 0.3) is 0 Å². The molecule has 2 aromatic carbocycles. The van der Waals surface area contributed by atoms with Crippen LogP contribution in [0.25, 0.3) is 0 Å². The van der Waals surface area contributed by atoms with E-state index in [0.29, 0.717) is 6.61 Å². The van der Waals surface area contributed by atoms with Crippen LogP contribution in [0, 0.1) is 0 Å². The molecule has 1 spiro atoms. The summed E-state index contributed by atoms with van der Waals surface area (Å²) in [6.45, 7) is 3.12. The van der Waals surface area contributed by atoms with Crippen molar-refractivity contribution < 1.29 is 19.0 Å². The molecule has 5 nitrogen and oxygen atoms in total. The fourth-order valence-electron chi connectivity index (χ4n) is 4.65. The molecular weight excluding hydrogens is 354 g/mol. The first-order valence-electron chi connectivity index (χ1n) is 10.1. The average molecular weight is 379 g/mol. The number of para-hydroxylation sites is 1. The van der Waals surface area contributed by atoms with Gasteiger partial charge in [-0.05, 0) is 48.9 Å². The molecule has 1 amide bonds. The van der Waals surface area contributed by atoms with Crippen LogP contribution in [-0.4, -0.2) is 39.4 Å². The zero-order chi connectivity index (χ0) is 19.1. The van der Waals surface area contributed by atoms with Crippen molar-refractivity contribution in [3.8, 4) is 11.5 Å². The highest BCUT2D eigenvalue weighted by Gasteiger charge is 2.56. The van der Waals surface area contributed by atoms with E-state index >= 15 is 0 Å². The lowest BCUT2D eigenvalue weighted by atomic mass is 9.76. The van der Waals surface area contributed by atoms with Crippen molar-refractivity contribution >= 4 is 11.6 Å². The summed E-state index contributed by atoms with van der Waals surface area (Å²) in [6, 6.07) is 12.1. The third-order valence-corrected chi connectivity index (χ3v) is 6.14. The van der Waals surface area contributed by atoms with Gasteiger partial charge in [-0.15, -0.1) is 0 Å². The first-order valence-corrected chi connectivity index (χ1v) is 10.1. The number of benzene rings is 2. The molecule has 2 aromatic rings. The molecule has 1 saturated heterocycles. The first kappa shape index (κ1) is 17.6. The standard InChI is InChI=1S/C19H17NO3.C4H8O/c1-20-15-7-3-2-6-13(15)19(18(20)21)11-23-17-10-16-12(9-14(17)19)5-4-8-22-16;1-2-4-5-3-1/h2-3,6-7,9-10H,4-5,8,11H2,1H3;1-4H2. The predicted octanol–water partition coefficient (Wildman–Crippen LogP) is 3.46. The largest absolute Gasteiger partial charge is 0.493 e. The van der Waals surface area contributed by atoms with Gasteiger partial charge >= 0.3 is 0 Å². The second-order valence-corrected chi connectivity index (χ2v) is 7.80. The monoisotopic (exact) mass is 379 g/mol. The number of nitrogens with zero attached hydrogens (tertiary/aromatic N) is 1. The number of rotatable bonds is 0. The Morgan fingerprint density at radius 2 is 1.75 bits per heavy atom. The van der Waals surface area contributed by atoms with Crippen molar-refractivity contribution in [2.75, 3.05) is 38.4 Å². The number of carbonyl (C=O) groups excluding carboxylic acids is 1. The summed E-state index contributed by atoms with van der Waals surface area (Å²) < 4.78 is 16.6. The topological polar surface area (TPSA) is 48.0 Å². The summed E-state index contributed by atoms with van der Waals surface area (Å²) in [5.74, 6) is 1.78. The van der Waals surface area contributed by atoms with Gasteiger partial charge in [0.2, 0.25) is 5.91 Å². The highest BCUT2D eigenvalue weighted by atomic mass is 16.5. The predicted molar refractivity (Wildman–Crippen MR) is 106 cm³/mol. The van der Waals surface area contributed by atoms with Crippen molar-refractivity contribution in [2.24, 2.45) is 0 Å². The van der Waals surface area contributed by atoms with Crippen molar-refractivity contribution in [2.45, 2.75) is 31.1 Å². The molecule has 0 N–H and O–H groups in total. The lowest BCUT2D eigenvalue weighted by molar-refractivity contribution is -0.121. The number of hydrogen-bond acceptors (Lipinski definition) is 4. The summed E-state index contributed by atoms with van der Waals surface area (Å²) in [6.07, 6.45) is 4.56. The molecule has 1 atom stereocenters. The van der Waals surface area contributed by atoms with Crippen molar-refractivity contribution in [3.63, 3.8) is 0 Å². The number of likely N-dealkylation sites (N-methyl/N-ethyl adjacent to an activating group) is 1. The van der Waals surface area contributed by atoms with Gasteiger partial charge in [-0.2, -0.15) is 0 Å². The maximum atomic E-state index is 13.1. The Bertz CT molecular complexity index is 913. The molecule has 28 heavy (non-hydrogen) atoms. The minimum atomic E-state index is -0.701. The van der Waals surface area contributed by atoms with Crippen LogP contribution in [0.1, 0.15) is 36.0 Å². The van der Waals surface area contributed by atoms with E-state index in [1.807, 2.05) is 37.4 Å². The van der Waals surface area contributed by atoms with E-state index in [4.69, 9.17) is 14.2 Å². The summed E-state index contributed by atoms with van der Waals surface area (Å²) in [4.78, 5) is 14.9. The Labute approximate surface area is 165 Å². The number of fused-ring (bicyclic) bond motifs is 5. The molecule has 0 aromatic heterocycles. The molecule has 1 unspecified atom stereocenters. The Morgan fingerprint density at radius 1 is 0.929 bits per heavy atom. The Morgan fingerprint density at radius 3 is 2.54 bits per heavy atom. The van der Waals surface area contributed by atoms with Crippen LogP contribution >= 0.6 is 0 Å². The maximum absolute atomic E-state index is 13.1. The van der Waals surface area contributed by atoms with Crippen LogP contribution in [-0.2, 0) is 21.4 Å². The highest BCUT2D eigenvalue weighted by molar-refractivity contribution is 6.11. The highest BCUT2D eigenvalue weighted by Crippen LogP contribution is 2.53. The van der Waals surface area contributed by atoms with E-state index in [9.17, 15) is 4.79 Å². The lowest BCUT2D eigenvalue weighted by Crippen LogP contribution is -2.41. The van der Waals surface area contributed by atoms with Gasteiger partial charge in [0.15, 0.2) is 0 Å². The molecule has 0 saturated carbocycles. The second-order valence-electron chi connectivity index (χ2n) is 7.80. The number of amides is 1. The van der Waals surface area contributed by atoms with Crippen LogP contribution in [0.3, 0.4) is 0 Å². The van der Waals surface area contributed by atoms with Gasteiger partial charge in [0.05, 0.1) is 6.61 Å². The number of carbonyl (C=O) groups is 1. The van der Waals surface area contributed by atoms with E-state index in [2.05, 4.69) is 6.07 Å². The molecule has 6 rings (SSSR count). The smallest absolute Gasteiger partial charge is 0.245 e. The van der Waals surface area contributed by atoms with Crippen molar-refractivity contribution in [1.29, 1.82) is 0 Å². The third-order valence-electron chi connectivity index (χ3n) is 6.14. The molecule has 1 fully saturated rings. The number of anilines is 1. The van der Waals surface area contributed by atoms with Gasteiger partial charge in [-0.3, -0.25) is 4.79 Å². The molecule has 0 bridgehead atoms. The van der Waals surface area contributed by atoms with Crippen molar-refractivity contribution in [1.82, 2.24) is 0 Å². The minimum absolute atomic E-state index is 0.0918. The molecule has 4 aliphatic rings. The van der Waals surface area contributed by atoms with E-state index in [1.165, 1.54) is 18.4 Å². The zero-order valence-electron chi connectivity index (χ0n) is 16.2. The van der Waals surface area contributed by atoms with Crippen LogP contribution in [0.4, 0.5) is 5.69 Å². The Kier molecular flexibility index (Phi) is 4.27.